The Hall–Kier alpha value is -1.51. The van der Waals surface area contributed by atoms with Crippen molar-refractivity contribution in [1.29, 1.82) is 0 Å². The number of carbonyl (C=O) groups excluding carboxylic acids is 2. The largest absolute Gasteiger partial charge is 0.756 e. The number of phosphoric acid groups is 1. The predicted molar refractivity (Wildman–Crippen MR) is 305 cm³/mol. The van der Waals surface area contributed by atoms with Gasteiger partial charge in [0.1, 0.15) is 19.8 Å². The molecule has 0 aliphatic rings. The van der Waals surface area contributed by atoms with Crippen LogP contribution in [0.15, 0.2) is 24.3 Å². The summed E-state index contributed by atoms with van der Waals surface area (Å²) >= 11 is 0. The van der Waals surface area contributed by atoms with Crippen LogP contribution in [0.3, 0.4) is 0 Å². The first-order valence-corrected chi connectivity index (χ1v) is 32.5. The van der Waals surface area contributed by atoms with Gasteiger partial charge in [-0.05, 0) is 44.9 Å². The first kappa shape index (κ1) is 70.5. The van der Waals surface area contributed by atoms with E-state index < -0.39 is 26.5 Å². The summed E-state index contributed by atoms with van der Waals surface area (Å²) in [5.74, 6) is -0.814. The molecule has 0 heterocycles. The van der Waals surface area contributed by atoms with Crippen molar-refractivity contribution in [2.24, 2.45) is 0 Å². The standard InChI is InChI=1S/C62H120NO8P/c1-6-8-10-12-14-16-18-20-22-24-26-28-29-30-31-32-33-35-37-39-41-43-45-47-49-51-53-55-62(65)71-60(59-70-72(66,67)69-57-56-63(3,4)5)58-68-61(64)54-52-50-48-46-44-42-40-38-36-34-27-25-23-21-19-17-15-13-11-9-7-2/h18,20,24,26,60H,6-17,19,21-23,25,27-59H2,1-5H3/b20-18-,26-24-. The number of esters is 2. The molecule has 0 bridgehead atoms. The Balaban J connectivity index is 4.08. The van der Waals surface area contributed by atoms with Crippen molar-refractivity contribution in [3.05, 3.63) is 24.3 Å². The molecule has 9 nitrogen and oxygen atoms in total. The molecule has 0 amide bonds. The summed E-state index contributed by atoms with van der Waals surface area (Å²) in [6.45, 7) is 4.29. The van der Waals surface area contributed by atoms with Crippen LogP contribution in [0.5, 0.6) is 0 Å². The normalized spacial score (nSPS) is 13.4. The Morgan fingerprint density at radius 3 is 1.10 bits per heavy atom. The van der Waals surface area contributed by atoms with E-state index in [9.17, 15) is 19.0 Å². The Kier molecular flexibility index (Phi) is 53.1. The van der Waals surface area contributed by atoms with E-state index in [0.717, 1.165) is 38.5 Å². The molecule has 0 saturated carbocycles. The second kappa shape index (κ2) is 54.3. The maximum atomic E-state index is 12.8. The average molecular weight is 1040 g/mol. The summed E-state index contributed by atoms with van der Waals surface area (Å²) in [7, 11) is 1.18. The lowest BCUT2D eigenvalue weighted by atomic mass is 10.0. The number of nitrogens with zero attached hydrogens (tertiary/aromatic N) is 1. The van der Waals surface area contributed by atoms with Gasteiger partial charge in [-0.2, -0.15) is 0 Å². The summed E-state index contributed by atoms with van der Waals surface area (Å²) < 4.78 is 34.2. The van der Waals surface area contributed by atoms with Crippen molar-refractivity contribution in [3.8, 4) is 0 Å². The van der Waals surface area contributed by atoms with Crippen molar-refractivity contribution in [3.63, 3.8) is 0 Å². The van der Waals surface area contributed by atoms with Gasteiger partial charge in [0.15, 0.2) is 6.10 Å². The summed E-state index contributed by atoms with van der Waals surface area (Å²) in [5, 5.41) is 0. The highest BCUT2D eigenvalue weighted by Crippen LogP contribution is 2.38. The van der Waals surface area contributed by atoms with Gasteiger partial charge in [0.05, 0.1) is 27.7 Å². The molecule has 0 aromatic heterocycles. The van der Waals surface area contributed by atoms with Gasteiger partial charge in [0.2, 0.25) is 0 Å². The van der Waals surface area contributed by atoms with Crippen LogP contribution in [0.4, 0.5) is 0 Å². The van der Waals surface area contributed by atoms with E-state index in [1.807, 2.05) is 21.1 Å². The molecular formula is C62H120NO8P. The van der Waals surface area contributed by atoms with Crippen LogP contribution in [-0.4, -0.2) is 70.0 Å². The third-order valence-electron chi connectivity index (χ3n) is 14.0. The molecule has 426 valence electrons. The van der Waals surface area contributed by atoms with Crippen LogP contribution in [0.25, 0.3) is 0 Å². The van der Waals surface area contributed by atoms with Crippen molar-refractivity contribution >= 4 is 19.8 Å². The predicted octanol–water partition coefficient (Wildman–Crippen LogP) is 18.7. The van der Waals surface area contributed by atoms with Crippen molar-refractivity contribution in [2.45, 2.75) is 315 Å². The number of hydrogen-bond donors (Lipinski definition) is 0. The van der Waals surface area contributed by atoms with E-state index >= 15 is 0 Å². The fourth-order valence-corrected chi connectivity index (χ4v) is 9.89. The number of carbonyl (C=O) groups is 2. The van der Waals surface area contributed by atoms with Gasteiger partial charge in [0.25, 0.3) is 7.82 Å². The number of unbranched alkanes of at least 4 members (excludes halogenated alkanes) is 40. The minimum Gasteiger partial charge on any atom is -0.756 e. The lowest BCUT2D eigenvalue weighted by Crippen LogP contribution is -2.37. The molecular weight excluding hydrogens is 918 g/mol. The number of allylic oxidation sites excluding steroid dienone is 4. The highest BCUT2D eigenvalue weighted by atomic mass is 31.2. The van der Waals surface area contributed by atoms with Crippen molar-refractivity contribution in [2.75, 3.05) is 47.5 Å². The van der Waals surface area contributed by atoms with Gasteiger partial charge in [-0.1, -0.05) is 276 Å². The van der Waals surface area contributed by atoms with Crippen LogP contribution in [-0.2, 0) is 32.7 Å². The molecule has 0 saturated heterocycles. The number of hydrogen-bond acceptors (Lipinski definition) is 8. The smallest absolute Gasteiger partial charge is 0.306 e. The first-order valence-electron chi connectivity index (χ1n) is 31.0. The fourth-order valence-electron chi connectivity index (χ4n) is 9.16. The lowest BCUT2D eigenvalue weighted by molar-refractivity contribution is -0.870. The first-order chi connectivity index (χ1) is 35.0. The number of ether oxygens (including phenoxy) is 2. The molecule has 0 aromatic rings. The number of quaternary nitrogens is 1. The van der Waals surface area contributed by atoms with Crippen LogP contribution in [0.2, 0.25) is 0 Å². The molecule has 72 heavy (non-hydrogen) atoms. The van der Waals surface area contributed by atoms with E-state index in [1.165, 1.54) is 238 Å². The Morgan fingerprint density at radius 1 is 0.431 bits per heavy atom. The Labute approximate surface area is 447 Å². The highest BCUT2D eigenvalue weighted by Gasteiger charge is 2.22. The van der Waals surface area contributed by atoms with Gasteiger partial charge >= 0.3 is 11.9 Å². The maximum Gasteiger partial charge on any atom is 0.306 e. The van der Waals surface area contributed by atoms with Gasteiger partial charge in [-0.25, -0.2) is 0 Å². The number of phosphoric ester groups is 1. The molecule has 2 unspecified atom stereocenters. The van der Waals surface area contributed by atoms with E-state index in [4.69, 9.17) is 18.5 Å². The summed E-state index contributed by atoms with van der Waals surface area (Å²) in [6.07, 6.45) is 65.2. The third kappa shape index (κ3) is 57.8. The molecule has 0 aromatic carbocycles. The molecule has 0 rings (SSSR count). The highest BCUT2D eigenvalue weighted by molar-refractivity contribution is 7.45. The third-order valence-corrected chi connectivity index (χ3v) is 14.9. The van der Waals surface area contributed by atoms with Gasteiger partial charge in [-0.15, -0.1) is 0 Å². The average Bonchev–Trinajstić information content (AvgIpc) is 3.34. The van der Waals surface area contributed by atoms with Crippen molar-refractivity contribution in [1.82, 2.24) is 0 Å². The number of rotatable bonds is 58. The SMILES string of the molecule is CCCCCCC/C=C\C/C=C\CCCCCCCCCCCCCCCCCC(=O)OC(COC(=O)CCCCCCCCCCCCCCCCCCCCCCC)COP(=O)([O-])OCC[N+](C)(C)C. The van der Waals surface area contributed by atoms with E-state index in [1.54, 1.807) is 0 Å². The minimum atomic E-state index is -4.63. The second-order valence-electron chi connectivity index (χ2n) is 22.4. The summed E-state index contributed by atoms with van der Waals surface area (Å²) in [4.78, 5) is 37.9. The fraction of sp³-hybridized carbons (Fsp3) is 0.903. The number of likely N-dealkylation sites (N-methyl/N-ethyl adjacent to an activating group) is 1. The van der Waals surface area contributed by atoms with Crippen molar-refractivity contribution < 1.29 is 42.1 Å². The van der Waals surface area contributed by atoms with E-state index in [0.29, 0.717) is 17.4 Å². The summed E-state index contributed by atoms with van der Waals surface area (Å²) in [6, 6.07) is 0. The van der Waals surface area contributed by atoms with Crippen LogP contribution in [0, 0.1) is 0 Å². The topological polar surface area (TPSA) is 111 Å². The van der Waals surface area contributed by atoms with Crippen LogP contribution in [0.1, 0.15) is 309 Å². The van der Waals surface area contributed by atoms with E-state index in [-0.39, 0.29) is 32.0 Å². The molecule has 0 fully saturated rings. The second-order valence-corrected chi connectivity index (χ2v) is 23.8. The molecule has 0 aliphatic carbocycles. The quantitative estimate of drug-likeness (QED) is 0.0195. The molecule has 0 aliphatic heterocycles. The Morgan fingerprint density at radius 2 is 0.750 bits per heavy atom. The zero-order valence-corrected chi connectivity index (χ0v) is 49.3. The van der Waals surface area contributed by atoms with Crippen LogP contribution >= 0.6 is 7.82 Å². The zero-order chi connectivity index (χ0) is 52.7. The zero-order valence-electron chi connectivity index (χ0n) is 48.4. The summed E-state index contributed by atoms with van der Waals surface area (Å²) in [5.41, 5.74) is 0. The molecule has 0 radical (unpaired) electrons. The van der Waals surface area contributed by atoms with E-state index in [2.05, 4.69) is 38.2 Å². The van der Waals surface area contributed by atoms with Gasteiger partial charge < -0.3 is 27.9 Å². The molecule has 0 spiro atoms. The van der Waals surface area contributed by atoms with Gasteiger partial charge in [-0.3, -0.25) is 14.2 Å². The van der Waals surface area contributed by atoms with Gasteiger partial charge in [0, 0.05) is 12.8 Å². The molecule has 2 atom stereocenters. The van der Waals surface area contributed by atoms with Crippen LogP contribution < -0.4 is 4.89 Å². The molecule has 0 N–H and O–H groups in total. The monoisotopic (exact) mass is 1040 g/mol. The lowest BCUT2D eigenvalue weighted by Gasteiger charge is -2.28. The minimum absolute atomic E-state index is 0.0275. The molecule has 10 heteroatoms. The maximum absolute atomic E-state index is 12.8. The Bertz CT molecular complexity index is 1270.